The zero-order chi connectivity index (χ0) is 10.2. The van der Waals surface area contributed by atoms with Crippen molar-refractivity contribution >= 4 is 11.6 Å². The van der Waals surface area contributed by atoms with Gasteiger partial charge in [0, 0.05) is 18.7 Å². The lowest BCUT2D eigenvalue weighted by Crippen LogP contribution is -2.34. The van der Waals surface area contributed by atoms with Crippen LogP contribution in [0.1, 0.15) is 17.5 Å². The molecule has 0 aromatic heterocycles. The normalized spacial score (nSPS) is 25.1. The summed E-state index contributed by atoms with van der Waals surface area (Å²) in [6.07, 6.45) is 1.95. The summed E-state index contributed by atoms with van der Waals surface area (Å²) in [5.74, 6) is 0. The highest BCUT2D eigenvalue weighted by molar-refractivity contribution is 6.30. The Morgan fingerprint density at radius 2 is 2.36 bits per heavy atom. The molecule has 0 amide bonds. The fourth-order valence-electron chi connectivity index (χ4n) is 2.19. The van der Waals surface area contributed by atoms with Gasteiger partial charge in [-0.25, -0.2) is 0 Å². The van der Waals surface area contributed by atoms with E-state index in [0.717, 1.165) is 17.9 Å². The lowest BCUT2D eigenvalue weighted by molar-refractivity contribution is -0.00513. The van der Waals surface area contributed by atoms with Crippen molar-refractivity contribution in [3.05, 3.63) is 34.3 Å². The van der Waals surface area contributed by atoms with Crippen LogP contribution < -0.4 is 5.73 Å². The van der Waals surface area contributed by atoms with E-state index in [1.54, 1.807) is 7.11 Å². The predicted octanol–water partition coefficient (Wildman–Crippen LogP) is 2.09. The summed E-state index contributed by atoms with van der Waals surface area (Å²) < 4.78 is 5.55. The lowest BCUT2D eigenvalue weighted by Gasteiger charge is -2.27. The molecule has 2 rings (SSSR count). The Morgan fingerprint density at radius 1 is 1.57 bits per heavy atom. The van der Waals surface area contributed by atoms with Crippen LogP contribution in [-0.4, -0.2) is 13.7 Å². The first-order valence-corrected chi connectivity index (χ1v) is 5.14. The highest BCUT2D eigenvalue weighted by Gasteiger charge is 2.37. The monoisotopic (exact) mass is 211 g/mol. The molecule has 0 fully saturated rings. The SMILES string of the molecule is COC1(CN)CCc2cc(Cl)ccc21. The summed E-state index contributed by atoms with van der Waals surface area (Å²) in [6, 6.07) is 5.93. The van der Waals surface area contributed by atoms with Gasteiger partial charge in [0.05, 0.1) is 0 Å². The molecule has 0 spiro atoms. The van der Waals surface area contributed by atoms with Gasteiger partial charge in [0.25, 0.3) is 0 Å². The minimum absolute atomic E-state index is 0.278. The van der Waals surface area contributed by atoms with E-state index in [2.05, 4.69) is 0 Å². The predicted molar refractivity (Wildman–Crippen MR) is 57.5 cm³/mol. The largest absolute Gasteiger partial charge is 0.372 e. The van der Waals surface area contributed by atoms with Gasteiger partial charge in [-0.1, -0.05) is 17.7 Å². The maximum atomic E-state index is 5.93. The molecule has 1 aliphatic rings. The molecule has 0 saturated heterocycles. The second-order valence-corrected chi connectivity index (χ2v) is 4.14. The molecule has 1 aromatic rings. The van der Waals surface area contributed by atoms with Crippen LogP contribution in [-0.2, 0) is 16.8 Å². The smallest absolute Gasteiger partial charge is 0.105 e. The topological polar surface area (TPSA) is 35.2 Å². The first-order valence-electron chi connectivity index (χ1n) is 4.76. The van der Waals surface area contributed by atoms with Crippen LogP contribution in [0.3, 0.4) is 0 Å². The van der Waals surface area contributed by atoms with E-state index >= 15 is 0 Å². The summed E-state index contributed by atoms with van der Waals surface area (Å²) in [7, 11) is 1.72. The summed E-state index contributed by atoms with van der Waals surface area (Å²) >= 11 is 5.93. The van der Waals surface area contributed by atoms with Crippen molar-refractivity contribution in [1.29, 1.82) is 0 Å². The van der Waals surface area contributed by atoms with Crippen LogP contribution in [0.15, 0.2) is 18.2 Å². The Kier molecular flexibility index (Phi) is 2.52. The van der Waals surface area contributed by atoms with Crippen molar-refractivity contribution in [1.82, 2.24) is 0 Å². The van der Waals surface area contributed by atoms with Crippen LogP contribution in [0.25, 0.3) is 0 Å². The van der Waals surface area contributed by atoms with E-state index in [1.165, 1.54) is 11.1 Å². The first kappa shape index (κ1) is 9.97. The number of halogens is 1. The van der Waals surface area contributed by atoms with Gasteiger partial charge in [0.1, 0.15) is 5.60 Å². The molecule has 76 valence electrons. The molecule has 1 atom stereocenters. The molecule has 0 aliphatic heterocycles. The summed E-state index contributed by atoms with van der Waals surface area (Å²) in [4.78, 5) is 0. The van der Waals surface area contributed by atoms with Gasteiger partial charge in [0.2, 0.25) is 0 Å². The van der Waals surface area contributed by atoms with Gasteiger partial charge >= 0.3 is 0 Å². The number of ether oxygens (including phenoxy) is 1. The summed E-state index contributed by atoms with van der Waals surface area (Å²) in [5, 5.41) is 0.785. The van der Waals surface area contributed by atoms with Gasteiger partial charge in [-0.3, -0.25) is 0 Å². The Labute approximate surface area is 89.0 Å². The Hall–Kier alpha value is -0.570. The van der Waals surface area contributed by atoms with E-state index in [-0.39, 0.29) is 5.60 Å². The molecule has 0 radical (unpaired) electrons. The molecule has 0 heterocycles. The van der Waals surface area contributed by atoms with Gasteiger partial charge in [-0.2, -0.15) is 0 Å². The van der Waals surface area contributed by atoms with Crippen molar-refractivity contribution in [3.63, 3.8) is 0 Å². The average Bonchev–Trinajstić information content (AvgIpc) is 2.56. The molecular weight excluding hydrogens is 198 g/mol. The number of methoxy groups -OCH3 is 1. The van der Waals surface area contributed by atoms with Crippen LogP contribution >= 0.6 is 11.6 Å². The number of rotatable bonds is 2. The van der Waals surface area contributed by atoms with Crippen molar-refractivity contribution in [2.45, 2.75) is 18.4 Å². The molecule has 0 bridgehead atoms. The number of hydrogen-bond donors (Lipinski definition) is 1. The zero-order valence-corrected chi connectivity index (χ0v) is 8.97. The Bertz CT molecular complexity index is 347. The van der Waals surface area contributed by atoms with Crippen molar-refractivity contribution in [2.75, 3.05) is 13.7 Å². The third-order valence-electron chi connectivity index (χ3n) is 3.08. The second-order valence-electron chi connectivity index (χ2n) is 3.70. The van der Waals surface area contributed by atoms with Gasteiger partial charge in [-0.15, -0.1) is 0 Å². The van der Waals surface area contributed by atoms with Crippen molar-refractivity contribution in [3.8, 4) is 0 Å². The fourth-order valence-corrected chi connectivity index (χ4v) is 2.39. The van der Waals surface area contributed by atoms with E-state index in [1.807, 2.05) is 18.2 Å². The van der Waals surface area contributed by atoms with Crippen molar-refractivity contribution in [2.24, 2.45) is 5.73 Å². The number of aryl methyl sites for hydroxylation is 1. The van der Waals surface area contributed by atoms with Crippen LogP contribution in [0, 0.1) is 0 Å². The van der Waals surface area contributed by atoms with Gasteiger partial charge < -0.3 is 10.5 Å². The van der Waals surface area contributed by atoms with Crippen LogP contribution in [0.4, 0.5) is 0 Å². The van der Waals surface area contributed by atoms with Crippen molar-refractivity contribution < 1.29 is 4.74 Å². The minimum atomic E-state index is -0.278. The van der Waals surface area contributed by atoms with E-state index in [4.69, 9.17) is 22.1 Å². The van der Waals surface area contributed by atoms with Crippen LogP contribution in [0.2, 0.25) is 5.02 Å². The molecule has 14 heavy (non-hydrogen) atoms. The van der Waals surface area contributed by atoms with Gasteiger partial charge in [-0.05, 0) is 36.1 Å². The van der Waals surface area contributed by atoms with E-state index in [0.29, 0.717) is 6.54 Å². The standard InChI is InChI=1S/C11H14ClNO/c1-14-11(7-13)5-4-8-6-9(12)2-3-10(8)11/h2-3,6H,4-5,7,13H2,1H3. The number of benzene rings is 1. The van der Waals surface area contributed by atoms with Gasteiger partial charge in [0.15, 0.2) is 0 Å². The maximum Gasteiger partial charge on any atom is 0.105 e. The number of hydrogen-bond acceptors (Lipinski definition) is 2. The highest BCUT2D eigenvalue weighted by Crippen LogP contribution is 2.39. The third-order valence-corrected chi connectivity index (χ3v) is 3.31. The zero-order valence-electron chi connectivity index (χ0n) is 8.22. The Balaban J connectivity index is 2.48. The quantitative estimate of drug-likeness (QED) is 0.813. The molecule has 0 saturated carbocycles. The summed E-state index contributed by atoms with van der Waals surface area (Å²) in [6.45, 7) is 0.526. The third kappa shape index (κ3) is 1.34. The Morgan fingerprint density at radius 3 is 3.00 bits per heavy atom. The van der Waals surface area contributed by atoms with E-state index < -0.39 is 0 Å². The summed E-state index contributed by atoms with van der Waals surface area (Å²) in [5.41, 5.74) is 7.97. The molecular formula is C11H14ClNO. The molecule has 1 unspecified atom stereocenters. The maximum absolute atomic E-state index is 5.93. The lowest BCUT2D eigenvalue weighted by atomic mass is 9.96. The average molecular weight is 212 g/mol. The second kappa shape index (κ2) is 3.54. The molecule has 1 aromatic carbocycles. The number of fused-ring (bicyclic) bond motifs is 1. The molecule has 1 aliphatic carbocycles. The minimum Gasteiger partial charge on any atom is -0.372 e. The van der Waals surface area contributed by atoms with Crippen LogP contribution in [0.5, 0.6) is 0 Å². The van der Waals surface area contributed by atoms with E-state index in [9.17, 15) is 0 Å². The first-order chi connectivity index (χ1) is 6.72. The fraction of sp³-hybridized carbons (Fsp3) is 0.455. The highest BCUT2D eigenvalue weighted by atomic mass is 35.5. The molecule has 3 heteroatoms. The number of nitrogens with two attached hydrogens (primary N) is 1. The molecule has 2 N–H and O–H groups in total. The molecule has 2 nitrogen and oxygen atoms in total.